The third-order valence-corrected chi connectivity index (χ3v) is 2.78. The molecule has 0 radical (unpaired) electrons. The van der Waals surface area contributed by atoms with Gasteiger partial charge in [-0.1, -0.05) is 6.58 Å². The molecule has 2 aromatic heterocycles. The Morgan fingerprint density at radius 1 is 1.36 bits per heavy atom. The van der Waals surface area contributed by atoms with E-state index in [1.807, 2.05) is 6.20 Å². The smallest absolute Gasteiger partial charge is 0.155 e. The minimum Gasteiger partial charge on any atom is -0.261 e. The fraction of sp³-hybridized carbons (Fsp3) is 0.273. The van der Waals surface area contributed by atoms with Gasteiger partial charge in [0.05, 0.1) is 11.9 Å². The van der Waals surface area contributed by atoms with Crippen molar-refractivity contribution in [1.29, 1.82) is 0 Å². The van der Waals surface area contributed by atoms with Crippen molar-refractivity contribution >= 4 is 16.6 Å². The number of allylic oxidation sites excluding steroid dienone is 1. The van der Waals surface area contributed by atoms with Crippen molar-refractivity contribution in [1.82, 2.24) is 15.2 Å². The molecule has 0 atom stereocenters. The minimum atomic E-state index is 0.887. The highest BCUT2D eigenvalue weighted by Gasteiger charge is 2.15. The van der Waals surface area contributed by atoms with Crippen LogP contribution >= 0.6 is 0 Å². The Bertz CT molecular complexity index is 510. The van der Waals surface area contributed by atoms with Gasteiger partial charge in [-0.25, -0.2) is 4.98 Å². The quantitative estimate of drug-likeness (QED) is 0.684. The van der Waals surface area contributed by atoms with Gasteiger partial charge < -0.3 is 0 Å². The fourth-order valence-corrected chi connectivity index (χ4v) is 2.02. The number of fused-ring (bicyclic) bond motifs is 2. The Balaban J connectivity index is 2.32. The molecule has 1 aliphatic carbocycles. The van der Waals surface area contributed by atoms with Crippen molar-refractivity contribution in [3.63, 3.8) is 0 Å². The van der Waals surface area contributed by atoms with Gasteiger partial charge in [-0.2, -0.15) is 5.10 Å². The fourth-order valence-electron chi connectivity index (χ4n) is 2.02. The predicted molar refractivity (Wildman–Crippen MR) is 55.9 cm³/mol. The molecule has 14 heavy (non-hydrogen) atoms. The number of rotatable bonds is 0. The first-order chi connectivity index (χ1) is 6.84. The molecule has 3 heteroatoms. The molecule has 0 unspecified atom stereocenters. The van der Waals surface area contributed by atoms with Crippen LogP contribution in [-0.2, 0) is 6.42 Å². The third-order valence-electron chi connectivity index (χ3n) is 2.78. The summed E-state index contributed by atoms with van der Waals surface area (Å²) in [6.45, 7) is 4.08. The summed E-state index contributed by atoms with van der Waals surface area (Å²) in [4.78, 5) is 4.55. The van der Waals surface area contributed by atoms with E-state index in [1.54, 1.807) is 0 Å². The van der Waals surface area contributed by atoms with Gasteiger partial charge in [-0.15, -0.1) is 0 Å². The van der Waals surface area contributed by atoms with E-state index in [9.17, 15) is 0 Å². The molecule has 0 saturated heterocycles. The van der Waals surface area contributed by atoms with Crippen LogP contribution in [0, 0.1) is 0 Å². The largest absolute Gasteiger partial charge is 0.261 e. The topological polar surface area (TPSA) is 41.6 Å². The number of H-pyrrole nitrogens is 1. The van der Waals surface area contributed by atoms with Gasteiger partial charge in [0.1, 0.15) is 0 Å². The SMILES string of the molecule is C=C1CCCc2nc3[nH]ncc3cc21. The molecule has 0 amide bonds. The number of aromatic amines is 1. The van der Waals surface area contributed by atoms with Crippen molar-refractivity contribution in [2.24, 2.45) is 0 Å². The lowest BCUT2D eigenvalue weighted by Crippen LogP contribution is -2.03. The number of hydrogen-bond acceptors (Lipinski definition) is 2. The molecule has 1 aliphatic rings. The van der Waals surface area contributed by atoms with Gasteiger partial charge >= 0.3 is 0 Å². The van der Waals surface area contributed by atoms with Gasteiger partial charge in [0.15, 0.2) is 5.65 Å². The zero-order valence-electron chi connectivity index (χ0n) is 7.88. The number of aromatic nitrogens is 3. The second-order valence-electron chi connectivity index (χ2n) is 3.75. The average molecular weight is 185 g/mol. The van der Waals surface area contributed by atoms with Crippen molar-refractivity contribution in [3.05, 3.63) is 30.1 Å². The molecule has 0 saturated carbocycles. The molecule has 3 rings (SSSR count). The molecule has 0 spiro atoms. The summed E-state index contributed by atoms with van der Waals surface area (Å²) in [5, 5.41) is 7.95. The van der Waals surface area contributed by atoms with Crippen LogP contribution in [-0.4, -0.2) is 15.2 Å². The first-order valence-corrected chi connectivity index (χ1v) is 4.86. The van der Waals surface area contributed by atoms with Crippen molar-refractivity contribution in [3.8, 4) is 0 Å². The second kappa shape index (κ2) is 2.67. The molecule has 0 aromatic carbocycles. The third kappa shape index (κ3) is 0.985. The summed E-state index contributed by atoms with van der Waals surface area (Å²) in [5.41, 5.74) is 4.49. The standard InChI is InChI=1S/C11H11N3/c1-7-3-2-4-10-9(7)5-8-6-12-14-11(8)13-10/h5-6H,1-4H2,(H,12,13,14). The van der Waals surface area contributed by atoms with E-state index in [0.29, 0.717) is 0 Å². The number of nitrogens with zero attached hydrogens (tertiary/aromatic N) is 2. The zero-order valence-corrected chi connectivity index (χ0v) is 7.88. The lowest BCUT2D eigenvalue weighted by molar-refractivity contribution is 0.798. The van der Waals surface area contributed by atoms with Crippen LogP contribution in [0.5, 0.6) is 0 Å². The summed E-state index contributed by atoms with van der Waals surface area (Å²) in [6, 6.07) is 2.14. The van der Waals surface area contributed by atoms with Gasteiger partial charge in [0.25, 0.3) is 0 Å². The normalized spacial score (nSPS) is 15.9. The summed E-state index contributed by atoms with van der Waals surface area (Å²) >= 11 is 0. The number of hydrogen-bond donors (Lipinski definition) is 1. The van der Waals surface area contributed by atoms with Gasteiger partial charge in [-0.05, 0) is 36.5 Å². The summed E-state index contributed by atoms with van der Waals surface area (Å²) < 4.78 is 0. The Morgan fingerprint density at radius 2 is 2.29 bits per heavy atom. The van der Waals surface area contributed by atoms with E-state index in [2.05, 4.69) is 27.8 Å². The molecule has 0 aliphatic heterocycles. The molecule has 0 fully saturated rings. The lowest BCUT2D eigenvalue weighted by Gasteiger charge is -2.16. The van der Waals surface area contributed by atoms with E-state index >= 15 is 0 Å². The minimum absolute atomic E-state index is 0.887. The van der Waals surface area contributed by atoms with Crippen LogP contribution in [0.4, 0.5) is 0 Å². The summed E-state index contributed by atoms with van der Waals surface area (Å²) in [7, 11) is 0. The average Bonchev–Trinajstić information content (AvgIpc) is 2.62. The van der Waals surface area contributed by atoms with Crippen molar-refractivity contribution < 1.29 is 0 Å². The highest BCUT2D eigenvalue weighted by Crippen LogP contribution is 2.29. The van der Waals surface area contributed by atoms with E-state index in [-0.39, 0.29) is 0 Å². The summed E-state index contributed by atoms with van der Waals surface area (Å²) in [6.07, 6.45) is 5.13. The van der Waals surface area contributed by atoms with Crippen molar-refractivity contribution in [2.45, 2.75) is 19.3 Å². The van der Waals surface area contributed by atoms with Crippen LogP contribution in [0.15, 0.2) is 18.8 Å². The van der Waals surface area contributed by atoms with Crippen LogP contribution in [0.1, 0.15) is 24.1 Å². The van der Waals surface area contributed by atoms with E-state index in [0.717, 1.165) is 29.6 Å². The first-order valence-electron chi connectivity index (χ1n) is 4.86. The van der Waals surface area contributed by atoms with Crippen LogP contribution < -0.4 is 0 Å². The second-order valence-corrected chi connectivity index (χ2v) is 3.75. The van der Waals surface area contributed by atoms with Crippen molar-refractivity contribution in [2.75, 3.05) is 0 Å². The Kier molecular flexibility index (Phi) is 1.48. The highest BCUT2D eigenvalue weighted by atomic mass is 15.1. The van der Waals surface area contributed by atoms with E-state index < -0.39 is 0 Å². The predicted octanol–water partition coefficient (Wildman–Crippen LogP) is 2.31. The molecular weight excluding hydrogens is 174 g/mol. The summed E-state index contributed by atoms with van der Waals surface area (Å²) in [5.74, 6) is 0. The molecular formula is C11H11N3. The monoisotopic (exact) mass is 185 g/mol. The highest BCUT2D eigenvalue weighted by molar-refractivity contribution is 5.80. The van der Waals surface area contributed by atoms with Crippen LogP contribution in [0.25, 0.3) is 16.6 Å². The Hall–Kier alpha value is -1.64. The van der Waals surface area contributed by atoms with Gasteiger partial charge in [0, 0.05) is 5.39 Å². The number of aryl methyl sites for hydroxylation is 1. The van der Waals surface area contributed by atoms with Gasteiger partial charge in [-0.3, -0.25) is 5.10 Å². The zero-order chi connectivity index (χ0) is 9.54. The first kappa shape index (κ1) is 7.74. The van der Waals surface area contributed by atoms with Crippen LogP contribution in [0.2, 0.25) is 0 Å². The van der Waals surface area contributed by atoms with Crippen LogP contribution in [0.3, 0.4) is 0 Å². The maximum Gasteiger partial charge on any atom is 0.155 e. The molecule has 2 heterocycles. The molecule has 3 nitrogen and oxygen atoms in total. The molecule has 0 bridgehead atoms. The van der Waals surface area contributed by atoms with E-state index in [4.69, 9.17) is 0 Å². The molecule has 70 valence electrons. The number of pyridine rings is 1. The maximum absolute atomic E-state index is 4.55. The molecule has 1 N–H and O–H groups in total. The lowest BCUT2D eigenvalue weighted by atomic mass is 9.91. The Labute approximate surface area is 81.9 Å². The molecule has 2 aromatic rings. The van der Waals surface area contributed by atoms with E-state index in [1.165, 1.54) is 17.6 Å². The van der Waals surface area contributed by atoms with Gasteiger partial charge in [0.2, 0.25) is 0 Å². The maximum atomic E-state index is 4.55. The Morgan fingerprint density at radius 3 is 3.21 bits per heavy atom. The number of nitrogens with one attached hydrogen (secondary N) is 1.